The Labute approximate surface area is 157 Å². The molecular weight excluding hydrogens is 344 g/mol. The molecule has 0 aliphatic carbocycles. The van der Waals surface area contributed by atoms with Gasteiger partial charge in [-0.2, -0.15) is 0 Å². The first-order chi connectivity index (χ1) is 12.7. The van der Waals surface area contributed by atoms with E-state index in [2.05, 4.69) is 10.6 Å². The second-order valence-corrected chi connectivity index (χ2v) is 5.98. The van der Waals surface area contributed by atoms with Crippen LogP contribution in [0, 0.1) is 0 Å². The minimum atomic E-state index is -0.245. The fourth-order valence-electron chi connectivity index (χ4n) is 2.30. The van der Waals surface area contributed by atoms with Crippen molar-refractivity contribution in [2.24, 2.45) is 0 Å². The first kappa shape index (κ1) is 17.6. The largest absolute Gasteiger partial charge is 0.489 e. The Morgan fingerprint density at radius 1 is 0.846 bits per heavy atom. The molecule has 0 saturated carbocycles. The van der Waals surface area contributed by atoms with Crippen molar-refractivity contribution in [1.82, 2.24) is 5.32 Å². The molecule has 0 saturated heterocycles. The van der Waals surface area contributed by atoms with Crippen LogP contribution in [0.3, 0.4) is 0 Å². The summed E-state index contributed by atoms with van der Waals surface area (Å²) < 4.78 is 5.74. The van der Waals surface area contributed by atoms with Gasteiger partial charge in [0, 0.05) is 11.3 Å². The average molecular weight is 362 g/mol. The lowest BCUT2D eigenvalue weighted by Crippen LogP contribution is -2.34. The lowest BCUT2D eigenvalue weighted by atomic mass is 10.2. The zero-order valence-electron chi connectivity index (χ0n) is 14.0. The van der Waals surface area contributed by atoms with Crippen LogP contribution in [0.1, 0.15) is 15.9 Å². The molecule has 1 amide bonds. The van der Waals surface area contributed by atoms with Gasteiger partial charge in [0.15, 0.2) is 5.11 Å². The highest BCUT2D eigenvalue weighted by Crippen LogP contribution is 2.17. The molecular formula is C21H18N2O2S. The second kappa shape index (κ2) is 8.78. The van der Waals surface area contributed by atoms with E-state index in [9.17, 15) is 4.79 Å². The third kappa shape index (κ3) is 5.16. The van der Waals surface area contributed by atoms with Gasteiger partial charge in [-0.25, -0.2) is 0 Å². The summed E-state index contributed by atoms with van der Waals surface area (Å²) in [6, 6.07) is 26.3. The second-order valence-electron chi connectivity index (χ2n) is 5.57. The van der Waals surface area contributed by atoms with E-state index in [1.54, 1.807) is 24.3 Å². The first-order valence-corrected chi connectivity index (χ1v) is 8.56. The van der Waals surface area contributed by atoms with Crippen molar-refractivity contribution >= 4 is 28.9 Å². The third-order valence-electron chi connectivity index (χ3n) is 3.62. The summed E-state index contributed by atoms with van der Waals surface area (Å²) in [6.45, 7) is 0.513. The molecule has 0 atom stereocenters. The van der Waals surface area contributed by atoms with Crippen LogP contribution < -0.4 is 15.4 Å². The molecule has 0 spiro atoms. The van der Waals surface area contributed by atoms with Gasteiger partial charge in [0.2, 0.25) is 0 Å². The van der Waals surface area contributed by atoms with Crippen LogP contribution >= 0.6 is 12.2 Å². The summed E-state index contributed by atoms with van der Waals surface area (Å²) >= 11 is 5.19. The Morgan fingerprint density at radius 2 is 1.46 bits per heavy atom. The maximum atomic E-state index is 12.1. The van der Waals surface area contributed by atoms with Crippen LogP contribution in [0.15, 0.2) is 84.9 Å². The van der Waals surface area contributed by atoms with Crippen LogP contribution in [0.4, 0.5) is 5.69 Å². The molecule has 26 heavy (non-hydrogen) atoms. The number of nitrogens with one attached hydrogen (secondary N) is 2. The van der Waals surface area contributed by atoms with Crippen LogP contribution in [-0.2, 0) is 6.61 Å². The van der Waals surface area contributed by atoms with E-state index in [1.165, 1.54) is 0 Å². The molecule has 130 valence electrons. The van der Waals surface area contributed by atoms with Gasteiger partial charge in [-0.3, -0.25) is 10.1 Å². The molecule has 2 N–H and O–H groups in total. The molecule has 0 bridgehead atoms. The Kier molecular flexibility index (Phi) is 5.96. The van der Waals surface area contributed by atoms with E-state index in [1.807, 2.05) is 60.7 Å². The molecule has 0 radical (unpaired) electrons. The number of carbonyl (C=O) groups is 1. The van der Waals surface area contributed by atoms with E-state index in [0.29, 0.717) is 12.2 Å². The van der Waals surface area contributed by atoms with E-state index in [0.717, 1.165) is 17.0 Å². The van der Waals surface area contributed by atoms with Crippen molar-refractivity contribution in [3.8, 4) is 5.75 Å². The van der Waals surface area contributed by atoms with Gasteiger partial charge in [-0.05, 0) is 54.2 Å². The van der Waals surface area contributed by atoms with Crippen molar-refractivity contribution in [3.05, 3.63) is 96.1 Å². The molecule has 0 heterocycles. The fraction of sp³-hybridized carbons (Fsp3) is 0.0476. The first-order valence-electron chi connectivity index (χ1n) is 8.15. The average Bonchev–Trinajstić information content (AvgIpc) is 2.69. The molecule has 0 unspecified atom stereocenters. The highest BCUT2D eigenvalue weighted by molar-refractivity contribution is 7.80. The number of hydrogen-bond acceptors (Lipinski definition) is 3. The number of ether oxygens (including phenoxy) is 1. The maximum Gasteiger partial charge on any atom is 0.257 e. The number of carbonyl (C=O) groups excluding carboxylic acids is 1. The Bertz CT molecular complexity index is 866. The quantitative estimate of drug-likeness (QED) is 0.661. The predicted molar refractivity (Wildman–Crippen MR) is 107 cm³/mol. The standard InChI is InChI=1S/C21H18N2O2S/c24-20(17-9-5-2-6-10-17)23-21(26)22-18-11-13-19(14-12-18)25-15-16-7-3-1-4-8-16/h1-14H,15H2,(H2,22,23,24,26). The van der Waals surface area contributed by atoms with E-state index >= 15 is 0 Å². The van der Waals surface area contributed by atoms with E-state index < -0.39 is 0 Å². The highest BCUT2D eigenvalue weighted by atomic mass is 32.1. The summed E-state index contributed by atoms with van der Waals surface area (Å²) in [4.78, 5) is 12.1. The topological polar surface area (TPSA) is 50.4 Å². The number of benzene rings is 3. The van der Waals surface area contributed by atoms with Gasteiger partial charge < -0.3 is 10.1 Å². The van der Waals surface area contributed by atoms with Gasteiger partial charge >= 0.3 is 0 Å². The van der Waals surface area contributed by atoms with E-state index in [4.69, 9.17) is 17.0 Å². The zero-order chi connectivity index (χ0) is 18.2. The highest BCUT2D eigenvalue weighted by Gasteiger charge is 2.07. The number of thiocarbonyl (C=S) groups is 1. The van der Waals surface area contributed by atoms with Gasteiger partial charge in [0.05, 0.1) is 0 Å². The lowest BCUT2D eigenvalue weighted by molar-refractivity contribution is 0.0977. The number of anilines is 1. The number of rotatable bonds is 5. The summed E-state index contributed by atoms with van der Waals surface area (Å²) in [5.41, 5.74) is 2.44. The van der Waals surface area contributed by atoms with E-state index in [-0.39, 0.29) is 11.0 Å². The molecule has 3 aromatic rings. The van der Waals surface area contributed by atoms with Crippen molar-refractivity contribution in [3.63, 3.8) is 0 Å². The zero-order valence-corrected chi connectivity index (χ0v) is 14.8. The van der Waals surface area contributed by atoms with Crippen molar-refractivity contribution < 1.29 is 9.53 Å². The molecule has 5 heteroatoms. The molecule has 0 aromatic heterocycles. The summed E-state index contributed by atoms with van der Waals surface area (Å²) in [7, 11) is 0. The van der Waals surface area contributed by atoms with Crippen LogP contribution in [0.5, 0.6) is 5.75 Å². The lowest BCUT2D eigenvalue weighted by Gasteiger charge is -2.11. The smallest absolute Gasteiger partial charge is 0.257 e. The Morgan fingerprint density at radius 3 is 2.12 bits per heavy atom. The monoisotopic (exact) mass is 362 g/mol. The molecule has 4 nitrogen and oxygen atoms in total. The SMILES string of the molecule is O=C(NC(=S)Nc1ccc(OCc2ccccc2)cc1)c1ccccc1. The van der Waals surface area contributed by atoms with Gasteiger partial charge in [0.25, 0.3) is 5.91 Å². The normalized spacial score (nSPS) is 10.0. The minimum Gasteiger partial charge on any atom is -0.489 e. The number of hydrogen-bond donors (Lipinski definition) is 2. The summed E-state index contributed by atoms with van der Waals surface area (Å²) in [5.74, 6) is 0.518. The molecule has 3 aromatic carbocycles. The van der Waals surface area contributed by atoms with Crippen LogP contribution in [0.2, 0.25) is 0 Å². The molecule has 3 rings (SSSR count). The molecule has 0 aliphatic heterocycles. The van der Waals surface area contributed by atoms with Crippen molar-refractivity contribution in [1.29, 1.82) is 0 Å². The van der Waals surface area contributed by atoms with Crippen molar-refractivity contribution in [2.45, 2.75) is 6.61 Å². The van der Waals surface area contributed by atoms with Crippen molar-refractivity contribution in [2.75, 3.05) is 5.32 Å². The van der Waals surface area contributed by atoms with Crippen LogP contribution in [-0.4, -0.2) is 11.0 Å². The Balaban J connectivity index is 1.50. The maximum absolute atomic E-state index is 12.1. The summed E-state index contributed by atoms with van der Waals surface area (Å²) in [5, 5.41) is 5.89. The molecule has 0 aliphatic rings. The predicted octanol–water partition coefficient (Wildman–Crippen LogP) is 4.39. The third-order valence-corrected chi connectivity index (χ3v) is 3.83. The van der Waals surface area contributed by atoms with Crippen LogP contribution in [0.25, 0.3) is 0 Å². The number of amides is 1. The van der Waals surface area contributed by atoms with Gasteiger partial charge in [-0.15, -0.1) is 0 Å². The fourth-order valence-corrected chi connectivity index (χ4v) is 2.51. The van der Waals surface area contributed by atoms with Gasteiger partial charge in [-0.1, -0.05) is 48.5 Å². The Hall–Kier alpha value is -3.18. The minimum absolute atomic E-state index is 0.245. The molecule has 0 fully saturated rings. The summed E-state index contributed by atoms with van der Waals surface area (Å²) in [6.07, 6.45) is 0. The van der Waals surface area contributed by atoms with Gasteiger partial charge in [0.1, 0.15) is 12.4 Å².